The van der Waals surface area contributed by atoms with E-state index < -0.39 is 8.07 Å². The number of allylic oxidation sites excluding steroid dienone is 1. The van der Waals surface area contributed by atoms with E-state index in [9.17, 15) is 0 Å². The van der Waals surface area contributed by atoms with Gasteiger partial charge in [0, 0.05) is 0 Å². The Morgan fingerprint density at radius 3 is 2.20 bits per heavy atom. The molecule has 0 amide bonds. The van der Waals surface area contributed by atoms with Gasteiger partial charge in [0.2, 0.25) is 0 Å². The van der Waals surface area contributed by atoms with Crippen molar-refractivity contribution in [3.05, 3.63) is 47.2 Å². The van der Waals surface area contributed by atoms with Crippen LogP contribution in [0, 0.1) is 11.8 Å². The van der Waals surface area contributed by atoms with Crippen molar-refractivity contribution >= 4 is 8.07 Å². The van der Waals surface area contributed by atoms with Crippen molar-refractivity contribution in [2.75, 3.05) is 6.61 Å². The zero-order chi connectivity index (χ0) is 15.2. The second-order valence-electron chi connectivity index (χ2n) is 7.00. The highest BCUT2D eigenvalue weighted by Gasteiger charge is 2.22. The van der Waals surface area contributed by atoms with E-state index in [0.29, 0.717) is 18.4 Å². The van der Waals surface area contributed by atoms with Gasteiger partial charge >= 0.3 is 0 Å². The summed E-state index contributed by atoms with van der Waals surface area (Å²) in [7, 11) is -1.21. The molecule has 1 rings (SSSR count). The molecule has 1 nitrogen and oxygen atoms in total. The number of benzene rings is 1. The van der Waals surface area contributed by atoms with Crippen molar-refractivity contribution in [2.45, 2.75) is 47.0 Å². The van der Waals surface area contributed by atoms with E-state index in [2.05, 4.69) is 70.8 Å². The third-order valence-corrected chi connectivity index (χ3v) is 5.92. The molecule has 0 saturated carbocycles. The Kier molecular flexibility index (Phi) is 6.70. The highest BCUT2D eigenvalue weighted by Crippen LogP contribution is 2.24. The maximum absolute atomic E-state index is 5.85. The van der Waals surface area contributed by atoms with E-state index in [1.165, 1.54) is 5.56 Å². The Bertz CT molecular complexity index is 415. The standard InChI is InChI=1S/C18H30OSi/c1-15(2)18(20(4,5)6)12-16(3)13-19-14-17-10-8-7-9-11-17/h7-12,15-16H,13-14H2,1-6H3/b18-12-/t16-/m1/s1. The van der Waals surface area contributed by atoms with E-state index in [0.717, 1.165) is 6.61 Å². The van der Waals surface area contributed by atoms with Gasteiger partial charge in [0.1, 0.15) is 0 Å². The lowest BCUT2D eigenvalue weighted by molar-refractivity contribution is 0.104. The molecule has 112 valence electrons. The van der Waals surface area contributed by atoms with Crippen LogP contribution in [0.25, 0.3) is 0 Å². The van der Waals surface area contributed by atoms with Gasteiger partial charge < -0.3 is 4.74 Å². The molecule has 0 heterocycles. The average molecular weight is 291 g/mol. The quantitative estimate of drug-likeness (QED) is 0.619. The highest BCUT2D eigenvalue weighted by molar-refractivity contribution is 6.83. The second-order valence-corrected chi connectivity index (χ2v) is 12.1. The summed E-state index contributed by atoms with van der Waals surface area (Å²) in [4.78, 5) is 0. The summed E-state index contributed by atoms with van der Waals surface area (Å²) >= 11 is 0. The molecule has 0 N–H and O–H groups in total. The Labute approximate surface area is 126 Å². The summed E-state index contributed by atoms with van der Waals surface area (Å²) in [5.41, 5.74) is 1.25. The number of rotatable bonds is 7. The predicted octanol–water partition coefficient (Wildman–Crippen LogP) is 5.30. The van der Waals surface area contributed by atoms with Crippen molar-refractivity contribution in [1.29, 1.82) is 0 Å². The van der Waals surface area contributed by atoms with E-state index >= 15 is 0 Å². The first-order chi connectivity index (χ1) is 9.30. The first-order valence-electron chi connectivity index (χ1n) is 7.64. The van der Waals surface area contributed by atoms with Gasteiger partial charge in [-0.25, -0.2) is 0 Å². The van der Waals surface area contributed by atoms with Gasteiger partial charge in [0.05, 0.1) is 21.3 Å². The van der Waals surface area contributed by atoms with Crippen molar-refractivity contribution in [3.8, 4) is 0 Å². The molecular weight excluding hydrogens is 260 g/mol. The first-order valence-corrected chi connectivity index (χ1v) is 11.1. The van der Waals surface area contributed by atoms with Crippen LogP contribution in [0.15, 0.2) is 41.6 Å². The molecule has 2 heteroatoms. The van der Waals surface area contributed by atoms with Crippen LogP contribution in [0.2, 0.25) is 19.6 Å². The van der Waals surface area contributed by atoms with Crippen LogP contribution in [0.1, 0.15) is 26.3 Å². The van der Waals surface area contributed by atoms with E-state index in [1.54, 1.807) is 5.20 Å². The summed E-state index contributed by atoms with van der Waals surface area (Å²) < 4.78 is 5.85. The zero-order valence-corrected chi connectivity index (χ0v) is 14.9. The maximum Gasteiger partial charge on any atom is 0.0723 e. The second kappa shape index (κ2) is 7.80. The minimum Gasteiger partial charge on any atom is -0.376 e. The Hall–Kier alpha value is -0.863. The van der Waals surface area contributed by atoms with E-state index in [1.807, 2.05) is 6.07 Å². The highest BCUT2D eigenvalue weighted by atomic mass is 28.3. The van der Waals surface area contributed by atoms with Gasteiger partial charge in [0.25, 0.3) is 0 Å². The minimum absolute atomic E-state index is 0.489. The topological polar surface area (TPSA) is 9.23 Å². The smallest absolute Gasteiger partial charge is 0.0723 e. The van der Waals surface area contributed by atoms with Crippen LogP contribution in [0.4, 0.5) is 0 Å². The molecule has 1 atom stereocenters. The van der Waals surface area contributed by atoms with Crippen LogP contribution < -0.4 is 0 Å². The summed E-state index contributed by atoms with van der Waals surface area (Å²) in [6.45, 7) is 15.7. The van der Waals surface area contributed by atoms with Gasteiger partial charge in [-0.2, -0.15) is 0 Å². The number of ether oxygens (including phenoxy) is 1. The SMILES string of the molecule is CC(C)/C(=C/[C@@H](C)COCc1ccccc1)[Si](C)(C)C. The summed E-state index contributed by atoms with van der Waals surface area (Å²) in [5.74, 6) is 1.14. The van der Waals surface area contributed by atoms with Gasteiger partial charge in [-0.3, -0.25) is 0 Å². The number of hydrogen-bond acceptors (Lipinski definition) is 1. The van der Waals surface area contributed by atoms with Crippen LogP contribution in [0.3, 0.4) is 0 Å². The molecule has 0 aromatic heterocycles. The molecule has 0 saturated heterocycles. The molecular formula is C18H30OSi. The van der Waals surface area contributed by atoms with Crippen molar-refractivity contribution in [1.82, 2.24) is 0 Å². The van der Waals surface area contributed by atoms with Gasteiger partial charge in [-0.05, 0) is 17.4 Å². The Morgan fingerprint density at radius 2 is 1.70 bits per heavy atom. The molecule has 0 unspecified atom stereocenters. The van der Waals surface area contributed by atoms with Crippen molar-refractivity contribution in [3.63, 3.8) is 0 Å². The van der Waals surface area contributed by atoms with Crippen LogP contribution in [-0.2, 0) is 11.3 Å². The fraction of sp³-hybridized carbons (Fsp3) is 0.556. The zero-order valence-electron chi connectivity index (χ0n) is 13.9. The van der Waals surface area contributed by atoms with E-state index in [-0.39, 0.29) is 0 Å². The summed E-state index contributed by atoms with van der Waals surface area (Å²) in [6, 6.07) is 10.4. The molecule has 0 aliphatic rings. The third kappa shape index (κ3) is 6.06. The van der Waals surface area contributed by atoms with Gasteiger partial charge in [-0.15, -0.1) is 0 Å². The lowest BCUT2D eigenvalue weighted by Gasteiger charge is -2.26. The molecule has 1 aromatic carbocycles. The Balaban J connectivity index is 2.51. The molecule has 0 radical (unpaired) electrons. The monoisotopic (exact) mass is 290 g/mol. The molecule has 0 spiro atoms. The fourth-order valence-electron chi connectivity index (χ4n) is 2.60. The van der Waals surface area contributed by atoms with E-state index in [4.69, 9.17) is 4.74 Å². The van der Waals surface area contributed by atoms with Crippen LogP contribution in [0.5, 0.6) is 0 Å². The third-order valence-electron chi connectivity index (χ3n) is 3.44. The molecule has 0 bridgehead atoms. The lowest BCUT2D eigenvalue weighted by Crippen LogP contribution is -2.28. The molecule has 0 aliphatic carbocycles. The van der Waals surface area contributed by atoms with Crippen LogP contribution >= 0.6 is 0 Å². The molecule has 1 aromatic rings. The summed E-state index contributed by atoms with van der Waals surface area (Å²) in [5, 5.41) is 1.66. The maximum atomic E-state index is 5.85. The van der Waals surface area contributed by atoms with Crippen molar-refractivity contribution in [2.24, 2.45) is 11.8 Å². The Morgan fingerprint density at radius 1 is 1.10 bits per heavy atom. The predicted molar refractivity (Wildman–Crippen MR) is 91.5 cm³/mol. The lowest BCUT2D eigenvalue weighted by atomic mass is 10.1. The summed E-state index contributed by atoms with van der Waals surface area (Å²) in [6.07, 6.45) is 2.46. The van der Waals surface area contributed by atoms with Gasteiger partial charge in [0.15, 0.2) is 0 Å². The molecule has 20 heavy (non-hydrogen) atoms. The van der Waals surface area contributed by atoms with Crippen molar-refractivity contribution < 1.29 is 4.74 Å². The first kappa shape index (κ1) is 17.2. The van der Waals surface area contributed by atoms with Crippen LogP contribution in [-0.4, -0.2) is 14.7 Å². The molecule has 0 aliphatic heterocycles. The fourth-order valence-corrected chi connectivity index (χ4v) is 5.12. The largest absolute Gasteiger partial charge is 0.376 e. The van der Waals surface area contributed by atoms with Gasteiger partial charge in [-0.1, -0.05) is 82.0 Å². The minimum atomic E-state index is -1.21. The number of hydrogen-bond donors (Lipinski definition) is 0. The average Bonchev–Trinajstić information content (AvgIpc) is 2.35. The molecule has 0 fully saturated rings. The normalized spacial score (nSPS) is 14.7.